The molecule has 1 N–H and O–H groups in total. The molecule has 4 heteroatoms. The second kappa shape index (κ2) is 5.15. The molecule has 2 heterocycles. The number of likely N-dealkylation sites (tertiary alicyclic amines) is 1. The van der Waals surface area contributed by atoms with Crippen LogP contribution in [-0.2, 0) is 4.79 Å². The van der Waals surface area contributed by atoms with Crippen LogP contribution in [0.5, 0.6) is 0 Å². The molecule has 2 rings (SSSR count). The molecule has 0 bridgehead atoms. The van der Waals surface area contributed by atoms with Gasteiger partial charge in [-0.3, -0.25) is 10.1 Å². The molecule has 16 heavy (non-hydrogen) atoms. The number of nitrogens with zero attached hydrogens (tertiary/aromatic N) is 2. The summed E-state index contributed by atoms with van der Waals surface area (Å²) in [5.41, 5.74) is 0. The van der Waals surface area contributed by atoms with E-state index in [1.54, 1.807) is 0 Å². The normalized spacial score (nSPS) is 32.4. The van der Waals surface area contributed by atoms with E-state index in [1.165, 1.54) is 19.4 Å². The van der Waals surface area contributed by atoms with Crippen molar-refractivity contribution < 1.29 is 4.79 Å². The zero-order valence-electron chi connectivity index (χ0n) is 10.4. The van der Waals surface area contributed by atoms with Crippen LogP contribution in [0.1, 0.15) is 26.2 Å². The van der Waals surface area contributed by atoms with E-state index < -0.39 is 0 Å². The van der Waals surface area contributed by atoms with Gasteiger partial charge in [0.1, 0.15) is 0 Å². The minimum Gasteiger partial charge on any atom is -0.328 e. The molecule has 2 atom stereocenters. The van der Waals surface area contributed by atoms with Crippen molar-refractivity contribution in [2.75, 3.05) is 33.4 Å². The molecule has 2 fully saturated rings. The van der Waals surface area contributed by atoms with Crippen LogP contribution in [0, 0.1) is 5.92 Å². The van der Waals surface area contributed by atoms with Gasteiger partial charge >= 0.3 is 0 Å². The second-order valence-corrected chi connectivity index (χ2v) is 5.15. The highest BCUT2D eigenvalue weighted by atomic mass is 16.2. The standard InChI is InChI=1S/C12H23N3O/c1-3-11-12(16)15(9-13-11)8-10-5-4-6-14(2)7-10/h10-11,13H,3-9H2,1-2H3. The number of carbonyl (C=O) groups is 1. The van der Waals surface area contributed by atoms with E-state index in [4.69, 9.17) is 0 Å². The summed E-state index contributed by atoms with van der Waals surface area (Å²) in [7, 11) is 2.17. The number of rotatable bonds is 3. The maximum atomic E-state index is 11.9. The molecular formula is C12H23N3O. The summed E-state index contributed by atoms with van der Waals surface area (Å²) in [5.74, 6) is 0.968. The smallest absolute Gasteiger partial charge is 0.240 e. The zero-order chi connectivity index (χ0) is 11.5. The van der Waals surface area contributed by atoms with Crippen LogP contribution in [0.2, 0.25) is 0 Å². The van der Waals surface area contributed by atoms with E-state index in [0.717, 1.165) is 26.2 Å². The Balaban J connectivity index is 1.83. The predicted octanol–water partition coefficient (Wildman–Crippen LogP) is 0.496. The lowest BCUT2D eigenvalue weighted by Crippen LogP contribution is -2.40. The fraction of sp³-hybridized carbons (Fsp3) is 0.917. The van der Waals surface area contributed by atoms with Gasteiger partial charge in [-0.15, -0.1) is 0 Å². The molecule has 2 aliphatic heterocycles. The molecular weight excluding hydrogens is 202 g/mol. The Bertz CT molecular complexity index is 257. The van der Waals surface area contributed by atoms with Crippen molar-refractivity contribution in [2.24, 2.45) is 5.92 Å². The van der Waals surface area contributed by atoms with Gasteiger partial charge in [0.25, 0.3) is 0 Å². The molecule has 2 saturated heterocycles. The molecule has 92 valence electrons. The average Bonchev–Trinajstić information content (AvgIpc) is 2.60. The van der Waals surface area contributed by atoms with Crippen LogP contribution in [0.3, 0.4) is 0 Å². The number of nitrogens with one attached hydrogen (secondary N) is 1. The molecule has 0 spiro atoms. The third-order valence-corrected chi connectivity index (χ3v) is 3.75. The van der Waals surface area contributed by atoms with Gasteiger partial charge in [-0.2, -0.15) is 0 Å². The Labute approximate surface area is 98.0 Å². The summed E-state index contributed by atoms with van der Waals surface area (Å²) >= 11 is 0. The van der Waals surface area contributed by atoms with Gasteiger partial charge in [0, 0.05) is 13.1 Å². The van der Waals surface area contributed by atoms with Gasteiger partial charge in [0.15, 0.2) is 0 Å². The Hall–Kier alpha value is -0.610. The number of hydrogen-bond acceptors (Lipinski definition) is 3. The average molecular weight is 225 g/mol. The van der Waals surface area contributed by atoms with Gasteiger partial charge in [-0.25, -0.2) is 0 Å². The van der Waals surface area contributed by atoms with Crippen molar-refractivity contribution >= 4 is 5.91 Å². The van der Waals surface area contributed by atoms with Crippen LogP contribution in [0.25, 0.3) is 0 Å². The van der Waals surface area contributed by atoms with E-state index in [2.05, 4.69) is 24.2 Å². The van der Waals surface area contributed by atoms with Crippen LogP contribution < -0.4 is 5.32 Å². The lowest BCUT2D eigenvalue weighted by Gasteiger charge is -2.32. The van der Waals surface area contributed by atoms with E-state index in [0.29, 0.717) is 11.8 Å². The molecule has 0 saturated carbocycles. The predicted molar refractivity (Wildman–Crippen MR) is 64.0 cm³/mol. The van der Waals surface area contributed by atoms with Crippen molar-refractivity contribution in [3.05, 3.63) is 0 Å². The zero-order valence-corrected chi connectivity index (χ0v) is 10.4. The Morgan fingerprint density at radius 1 is 1.50 bits per heavy atom. The fourth-order valence-corrected chi connectivity index (χ4v) is 2.81. The summed E-state index contributed by atoms with van der Waals surface area (Å²) in [4.78, 5) is 16.3. The summed E-state index contributed by atoms with van der Waals surface area (Å²) < 4.78 is 0. The first kappa shape index (κ1) is 11.9. The number of hydrogen-bond donors (Lipinski definition) is 1. The molecule has 0 radical (unpaired) electrons. The van der Waals surface area contributed by atoms with Gasteiger partial charge in [0.2, 0.25) is 5.91 Å². The molecule has 4 nitrogen and oxygen atoms in total. The molecule has 1 amide bonds. The van der Waals surface area contributed by atoms with Crippen molar-refractivity contribution in [1.82, 2.24) is 15.1 Å². The third-order valence-electron chi connectivity index (χ3n) is 3.75. The third kappa shape index (κ3) is 2.55. The summed E-state index contributed by atoms with van der Waals surface area (Å²) in [6.07, 6.45) is 3.44. The van der Waals surface area contributed by atoms with Crippen molar-refractivity contribution in [2.45, 2.75) is 32.2 Å². The maximum Gasteiger partial charge on any atom is 0.240 e. The Kier molecular flexibility index (Phi) is 3.82. The van der Waals surface area contributed by atoms with Gasteiger partial charge in [0.05, 0.1) is 12.7 Å². The number of piperidine rings is 1. The van der Waals surface area contributed by atoms with Crippen molar-refractivity contribution in [3.63, 3.8) is 0 Å². The van der Waals surface area contributed by atoms with Gasteiger partial charge in [-0.1, -0.05) is 6.92 Å². The first-order chi connectivity index (χ1) is 7.70. The number of carbonyl (C=O) groups excluding carboxylic acids is 1. The Morgan fingerprint density at radius 2 is 2.31 bits per heavy atom. The molecule has 0 aliphatic carbocycles. The lowest BCUT2D eigenvalue weighted by atomic mass is 9.98. The minimum atomic E-state index is 0.0707. The lowest BCUT2D eigenvalue weighted by molar-refractivity contribution is -0.129. The topological polar surface area (TPSA) is 35.6 Å². The van der Waals surface area contributed by atoms with Crippen LogP contribution >= 0.6 is 0 Å². The quantitative estimate of drug-likeness (QED) is 0.759. The number of amides is 1. The van der Waals surface area contributed by atoms with Crippen LogP contribution in [-0.4, -0.2) is 55.1 Å². The van der Waals surface area contributed by atoms with Gasteiger partial charge < -0.3 is 9.80 Å². The summed E-state index contributed by atoms with van der Waals surface area (Å²) in [6, 6.07) is 0.0707. The van der Waals surface area contributed by atoms with E-state index in [9.17, 15) is 4.79 Å². The van der Waals surface area contributed by atoms with E-state index >= 15 is 0 Å². The highest BCUT2D eigenvalue weighted by Gasteiger charge is 2.31. The van der Waals surface area contributed by atoms with Crippen molar-refractivity contribution in [3.8, 4) is 0 Å². The minimum absolute atomic E-state index is 0.0707. The SMILES string of the molecule is CCC1NCN(CC2CCCN(C)C2)C1=O. The van der Waals surface area contributed by atoms with Crippen LogP contribution in [0.4, 0.5) is 0 Å². The molecule has 0 aromatic rings. The van der Waals surface area contributed by atoms with E-state index in [1.807, 2.05) is 4.90 Å². The molecule has 2 aliphatic rings. The first-order valence-electron chi connectivity index (χ1n) is 6.41. The second-order valence-electron chi connectivity index (χ2n) is 5.15. The highest BCUT2D eigenvalue weighted by molar-refractivity contribution is 5.83. The molecule has 0 aromatic heterocycles. The highest BCUT2D eigenvalue weighted by Crippen LogP contribution is 2.18. The largest absolute Gasteiger partial charge is 0.328 e. The maximum absolute atomic E-state index is 11.9. The van der Waals surface area contributed by atoms with Gasteiger partial charge in [-0.05, 0) is 38.8 Å². The molecule has 0 aromatic carbocycles. The Morgan fingerprint density at radius 3 is 2.94 bits per heavy atom. The van der Waals surface area contributed by atoms with Crippen LogP contribution in [0.15, 0.2) is 0 Å². The van der Waals surface area contributed by atoms with Crippen molar-refractivity contribution in [1.29, 1.82) is 0 Å². The monoisotopic (exact) mass is 225 g/mol. The fourth-order valence-electron chi connectivity index (χ4n) is 2.81. The molecule has 2 unspecified atom stereocenters. The first-order valence-corrected chi connectivity index (χ1v) is 6.41. The van der Waals surface area contributed by atoms with E-state index in [-0.39, 0.29) is 6.04 Å². The summed E-state index contributed by atoms with van der Waals surface area (Å²) in [5, 5.41) is 3.27. The summed E-state index contributed by atoms with van der Waals surface area (Å²) in [6.45, 7) is 6.10.